The van der Waals surface area contributed by atoms with Crippen molar-refractivity contribution in [2.75, 3.05) is 0 Å². The highest BCUT2D eigenvalue weighted by atomic mass is 32.2. The van der Waals surface area contributed by atoms with E-state index in [2.05, 4.69) is 0 Å². The zero-order valence-electron chi connectivity index (χ0n) is 14.0. The normalized spacial score (nSPS) is 18.6. The summed E-state index contributed by atoms with van der Waals surface area (Å²) in [5.74, 6) is -0.581. The smallest absolute Gasteiger partial charge is 0.345 e. The van der Waals surface area contributed by atoms with E-state index in [1.807, 2.05) is 0 Å². The molecule has 1 aromatic heterocycles. The molecule has 2 N–H and O–H groups in total. The molecule has 0 unspecified atom stereocenters. The molecule has 2 aliphatic rings. The van der Waals surface area contributed by atoms with Crippen LogP contribution in [0, 0.1) is 0 Å². The Morgan fingerprint density at radius 2 is 1.65 bits per heavy atom. The SMILES string of the molecule is NS(=O)(=O)c1ccc(-n2ccc3c(c2=O)C(=O)OC32CCCCC2)cc1. The van der Waals surface area contributed by atoms with E-state index in [9.17, 15) is 18.0 Å². The first-order valence-electron chi connectivity index (χ1n) is 8.45. The first-order valence-corrected chi connectivity index (χ1v) is 9.99. The molecule has 1 spiro atoms. The molecule has 0 radical (unpaired) electrons. The molecule has 7 nitrogen and oxygen atoms in total. The summed E-state index contributed by atoms with van der Waals surface area (Å²) in [6.45, 7) is 0. The number of hydrogen-bond acceptors (Lipinski definition) is 5. The fourth-order valence-electron chi connectivity index (χ4n) is 3.89. The van der Waals surface area contributed by atoms with Crippen molar-refractivity contribution in [1.29, 1.82) is 0 Å². The van der Waals surface area contributed by atoms with Gasteiger partial charge in [-0.3, -0.25) is 9.36 Å². The summed E-state index contributed by atoms with van der Waals surface area (Å²) in [4.78, 5) is 25.3. The second-order valence-corrected chi connectivity index (χ2v) is 8.32. The maximum atomic E-state index is 12.9. The Morgan fingerprint density at radius 1 is 1.00 bits per heavy atom. The number of esters is 1. The van der Waals surface area contributed by atoms with Gasteiger partial charge in [0.1, 0.15) is 11.2 Å². The second kappa shape index (κ2) is 5.78. The number of primary sulfonamides is 1. The van der Waals surface area contributed by atoms with Gasteiger partial charge in [0.05, 0.1) is 4.90 Å². The van der Waals surface area contributed by atoms with Crippen LogP contribution < -0.4 is 10.7 Å². The van der Waals surface area contributed by atoms with Gasteiger partial charge in [-0.2, -0.15) is 0 Å². The highest BCUT2D eigenvalue weighted by Gasteiger charge is 2.47. The van der Waals surface area contributed by atoms with E-state index in [1.165, 1.54) is 28.8 Å². The van der Waals surface area contributed by atoms with Gasteiger partial charge in [-0.25, -0.2) is 18.4 Å². The molecular weight excluding hydrogens is 356 g/mol. The number of carbonyl (C=O) groups excluding carboxylic acids is 1. The molecule has 2 aromatic rings. The summed E-state index contributed by atoms with van der Waals surface area (Å²) in [5.41, 5.74) is 0.0656. The van der Waals surface area contributed by atoms with E-state index in [0.717, 1.165) is 32.1 Å². The number of ether oxygens (including phenoxy) is 1. The van der Waals surface area contributed by atoms with Gasteiger partial charge >= 0.3 is 5.97 Å². The van der Waals surface area contributed by atoms with Crippen molar-refractivity contribution in [2.45, 2.75) is 42.6 Å². The lowest BCUT2D eigenvalue weighted by Crippen LogP contribution is -2.29. The molecule has 4 rings (SSSR count). The first kappa shape index (κ1) is 17.0. The predicted molar refractivity (Wildman–Crippen MR) is 93.6 cm³/mol. The van der Waals surface area contributed by atoms with E-state index < -0.39 is 27.2 Å². The summed E-state index contributed by atoms with van der Waals surface area (Å²) < 4.78 is 29.7. The van der Waals surface area contributed by atoms with E-state index in [-0.39, 0.29) is 10.5 Å². The number of sulfonamides is 1. The number of fused-ring (bicyclic) bond motifs is 2. The molecule has 1 fully saturated rings. The van der Waals surface area contributed by atoms with Crippen LogP contribution in [-0.4, -0.2) is 19.0 Å². The Morgan fingerprint density at radius 3 is 2.27 bits per heavy atom. The fourth-order valence-corrected chi connectivity index (χ4v) is 4.41. The molecule has 0 bridgehead atoms. The molecule has 1 saturated carbocycles. The quantitative estimate of drug-likeness (QED) is 0.807. The van der Waals surface area contributed by atoms with Crippen LogP contribution in [-0.2, 0) is 20.4 Å². The number of benzene rings is 1. The van der Waals surface area contributed by atoms with Crippen molar-refractivity contribution in [3.8, 4) is 5.69 Å². The monoisotopic (exact) mass is 374 g/mol. The zero-order chi connectivity index (χ0) is 18.5. The van der Waals surface area contributed by atoms with Crippen LogP contribution >= 0.6 is 0 Å². The van der Waals surface area contributed by atoms with Crippen molar-refractivity contribution in [3.63, 3.8) is 0 Å². The number of pyridine rings is 1. The third kappa shape index (κ3) is 2.57. The van der Waals surface area contributed by atoms with E-state index in [1.54, 1.807) is 12.3 Å². The van der Waals surface area contributed by atoms with Crippen molar-refractivity contribution >= 4 is 16.0 Å². The fraction of sp³-hybridized carbons (Fsp3) is 0.333. The van der Waals surface area contributed by atoms with Gasteiger partial charge in [-0.1, -0.05) is 6.42 Å². The molecule has 1 aliphatic heterocycles. The third-order valence-corrected chi connectivity index (χ3v) is 6.11. The van der Waals surface area contributed by atoms with Crippen molar-refractivity contribution in [1.82, 2.24) is 4.57 Å². The minimum atomic E-state index is -3.81. The topological polar surface area (TPSA) is 108 Å². The van der Waals surface area contributed by atoms with E-state index >= 15 is 0 Å². The third-order valence-electron chi connectivity index (χ3n) is 5.18. The van der Waals surface area contributed by atoms with E-state index in [0.29, 0.717) is 11.3 Å². The molecule has 1 aliphatic carbocycles. The number of hydrogen-bond donors (Lipinski definition) is 1. The highest BCUT2D eigenvalue weighted by molar-refractivity contribution is 7.89. The Balaban J connectivity index is 1.81. The maximum absolute atomic E-state index is 12.9. The minimum Gasteiger partial charge on any atom is -0.450 e. The van der Waals surface area contributed by atoms with Gasteiger partial charge in [0.2, 0.25) is 10.0 Å². The minimum absolute atomic E-state index is 0.0453. The van der Waals surface area contributed by atoms with Crippen molar-refractivity contribution < 1.29 is 17.9 Å². The average molecular weight is 374 g/mol. The van der Waals surface area contributed by atoms with Crippen LogP contribution in [0.1, 0.15) is 48.0 Å². The molecule has 0 saturated heterocycles. The predicted octanol–water partition coefficient (Wildman–Crippen LogP) is 1.81. The van der Waals surface area contributed by atoms with Gasteiger partial charge in [-0.05, 0) is 56.0 Å². The Labute approximate surface area is 150 Å². The van der Waals surface area contributed by atoms with Crippen LogP contribution in [0.15, 0.2) is 46.2 Å². The standard InChI is InChI=1S/C18H18N2O5S/c19-26(23,24)13-6-4-12(5-7-13)20-11-8-14-15(16(20)21)17(22)25-18(14)9-2-1-3-10-18/h4-8,11H,1-3,9-10H2,(H2,19,23,24). The Bertz CT molecular complexity index is 1050. The number of nitrogens with two attached hydrogens (primary N) is 1. The largest absolute Gasteiger partial charge is 0.450 e. The Kier molecular flexibility index (Phi) is 3.78. The average Bonchev–Trinajstić information content (AvgIpc) is 2.87. The molecular formula is C18H18N2O5S. The van der Waals surface area contributed by atoms with Gasteiger partial charge in [0, 0.05) is 17.4 Å². The summed E-state index contributed by atoms with van der Waals surface area (Å²) >= 11 is 0. The van der Waals surface area contributed by atoms with Crippen LogP contribution in [0.25, 0.3) is 5.69 Å². The van der Waals surface area contributed by atoms with Crippen molar-refractivity contribution in [3.05, 3.63) is 58.0 Å². The highest BCUT2D eigenvalue weighted by Crippen LogP contribution is 2.45. The lowest BCUT2D eigenvalue weighted by atomic mass is 9.80. The molecule has 0 atom stereocenters. The van der Waals surface area contributed by atoms with Gasteiger partial charge in [0.25, 0.3) is 5.56 Å². The lowest BCUT2D eigenvalue weighted by Gasteiger charge is -2.32. The van der Waals surface area contributed by atoms with Crippen molar-refractivity contribution in [2.24, 2.45) is 5.14 Å². The molecule has 8 heteroatoms. The van der Waals surface area contributed by atoms with Crippen LogP contribution in [0.5, 0.6) is 0 Å². The number of carbonyl (C=O) groups is 1. The van der Waals surface area contributed by atoms with Gasteiger partial charge in [-0.15, -0.1) is 0 Å². The molecule has 0 amide bonds. The number of rotatable bonds is 2. The summed E-state index contributed by atoms with van der Waals surface area (Å²) in [5, 5.41) is 5.09. The lowest BCUT2D eigenvalue weighted by molar-refractivity contribution is -0.0280. The van der Waals surface area contributed by atoms with Crippen LogP contribution in [0.4, 0.5) is 0 Å². The summed E-state index contributed by atoms with van der Waals surface area (Å²) in [7, 11) is -3.81. The summed E-state index contributed by atoms with van der Waals surface area (Å²) in [6, 6.07) is 7.37. The summed E-state index contributed by atoms with van der Waals surface area (Å²) in [6.07, 6.45) is 6.10. The van der Waals surface area contributed by atoms with Gasteiger partial charge in [0.15, 0.2) is 0 Å². The zero-order valence-corrected chi connectivity index (χ0v) is 14.8. The molecule has 1 aromatic carbocycles. The molecule has 26 heavy (non-hydrogen) atoms. The second-order valence-electron chi connectivity index (χ2n) is 6.76. The number of aromatic nitrogens is 1. The number of nitrogens with zero attached hydrogens (tertiary/aromatic N) is 1. The Hall–Kier alpha value is -2.45. The van der Waals surface area contributed by atoms with Crippen LogP contribution in [0.3, 0.4) is 0 Å². The molecule has 136 valence electrons. The van der Waals surface area contributed by atoms with E-state index in [4.69, 9.17) is 9.88 Å². The maximum Gasteiger partial charge on any atom is 0.345 e. The van der Waals surface area contributed by atoms with Crippen LogP contribution in [0.2, 0.25) is 0 Å². The van der Waals surface area contributed by atoms with Gasteiger partial charge < -0.3 is 4.74 Å². The molecule has 2 heterocycles. The first-order chi connectivity index (χ1) is 12.3.